The van der Waals surface area contributed by atoms with E-state index in [9.17, 15) is 4.79 Å². The molecule has 0 bridgehead atoms. The van der Waals surface area contributed by atoms with Crippen LogP contribution < -0.4 is 15.8 Å². The van der Waals surface area contributed by atoms with Gasteiger partial charge in [-0.15, -0.1) is 12.4 Å². The number of benzene rings is 1. The molecule has 1 aromatic rings. The minimum atomic E-state index is 0. The van der Waals surface area contributed by atoms with Crippen LogP contribution in [0.15, 0.2) is 18.2 Å². The van der Waals surface area contributed by atoms with E-state index < -0.39 is 0 Å². The molecule has 124 valence electrons. The van der Waals surface area contributed by atoms with Crippen LogP contribution in [-0.4, -0.2) is 18.6 Å². The fraction of sp³-hybridized carbons (Fsp3) is 0.588. The molecule has 2 unspecified atom stereocenters. The number of anilines is 1. The summed E-state index contributed by atoms with van der Waals surface area (Å²) < 4.78 is 5.60. The van der Waals surface area contributed by atoms with Crippen LogP contribution in [0.5, 0.6) is 5.75 Å². The van der Waals surface area contributed by atoms with Crippen molar-refractivity contribution in [1.29, 1.82) is 0 Å². The summed E-state index contributed by atoms with van der Waals surface area (Å²) in [5.74, 6) is 0.992. The maximum Gasteiger partial charge on any atom is 0.227 e. The summed E-state index contributed by atoms with van der Waals surface area (Å²) in [6.07, 6.45) is 4.80. The maximum absolute atomic E-state index is 12.3. The summed E-state index contributed by atoms with van der Waals surface area (Å²) in [4.78, 5) is 12.3. The van der Waals surface area contributed by atoms with Gasteiger partial charge in [-0.3, -0.25) is 4.79 Å². The molecule has 22 heavy (non-hydrogen) atoms. The third kappa shape index (κ3) is 5.18. The molecule has 0 spiro atoms. The van der Waals surface area contributed by atoms with Gasteiger partial charge < -0.3 is 15.8 Å². The highest BCUT2D eigenvalue weighted by molar-refractivity contribution is 5.93. The first-order valence-corrected chi connectivity index (χ1v) is 7.90. The van der Waals surface area contributed by atoms with Crippen molar-refractivity contribution in [1.82, 2.24) is 0 Å². The van der Waals surface area contributed by atoms with Crippen LogP contribution in [0.3, 0.4) is 0 Å². The van der Waals surface area contributed by atoms with E-state index in [-0.39, 0.29) is 30.3 Å². The molecule has 4 nitrogen and oxygen atoms in total. The summed E-state index contributed by atoms with van der Waals surface area (Å²) >= 11 is 0. The Morgan fingerprint density at radius 3 is 2.82 bits per heavy atom. The van der Waals surface area contributed by atoms with Crippen molar-refractivity contribution >= 4 is 24.0 Å². The van der Waals surface area contributed by atoms with Gasteiger partial charge in [0.2, 0.25) is 5.91 Å². The minimum absolute atomic E-state index is 0. The Balaban J connectivity index is 0.00000242. The lowest BCUT2D eigenvalue weighted by molar-refractivity contribution is -0.120. The average molecular weight is 327 g/mol. The first kappa shape index (κ1) is 18.8. The second kappa shape index (κ2) is 9.01. The van der Waals surface area contributed by atoms with Gasteiger partial charge in [-0.25, -0.2) is 0 Å². The molecule has 0 saturated heterocycles. The largest absolute Gasteiger partial charge is 0.494 e. The second-order valence-electron chi connectivity index (χ2n) is 5.94. The molecule has 2 atom stereocenters. The summed E-state index contributed by atoms with van der Waals surface area (Å²) in [5, 5.41) is 3.03. The zero-order chi connectivity index (χ0) is 15.2. The second-order valence-corrected chi connectivity index (χ2v) is 5.94. The first-order valence-electron chi connectivity index (χ1n) is 7.90. The van der Waals surface area contributed by atoms with Crippen molar-refractivity contribution in [2.45, 2.75) is 52.0 Å². The highest BCUT2D eigenvalue weighted by Gasteiger charge is 2.25. The lowest BCUT2D eigenvalue weighted by Crippen LogP contribution is -2.34. The summed E-state index contributed by atoms with van der Waals surface area (Å²) in [6, 6.07) is 5.96. The Hall–Kier alpha value is -1.26. The van der Waals surface area contributed by atoms with Crippen molar-refractivity contribution < 1.29 is 9.53 Å². The predicted octanol–water partition coefficient (Wildman–Crippen LogP) is 3.66. The van der Waals surface area contributed by atoms with Gasteiger partial charge in [0.1, 0.15) is 5.75 Å². The summed E-state index contributed by atoms with van der Waals surface area (Å²) in [5.41, 5.74) is 7.84. The number of aryl methyl sites for hydroxylation is 1. The molecular weight excluding hydrogens is 300 g/mol. The van der Waals surface area contributed by atoms with Gasteiger partial charge in [0.05, 0.1) is 6.61 Å². The van der Waals surface area contributed by atoms with Crippen molar-refractivity contribution in [3.05, 3.63) is 23.8 Å². The molecule has 1 aromatic carbocycles. The van der Waals surface area contributed by atoms with Gasteiger partial charge in [0.25, 0.3) is 0 Å². The molecule has 1 aliphatic rings. The molecule has 1 saturated carbocycles. The molecular formula is C17H27ClN2O2. The lowest BCUT2D eigenvalue weighted by Gasteiger charge is -2.26. The smallest absolute Gasteiger partial charge is 0.227 e. The van der Waals surface area contributed by atoms with Gasteiger partial charge in [-0.2, -0.15) is 0 Å². The average Bonchev–Trinajstić information content (AvgIpc) is 2.47. The molecule has 2 rings (SSSR count). The maximum atomic E-state index is 12.3. The predicted molar refractivity (Wildman–Crippen MR) is 92.8 cm³/mol. The number of nitrogens with two attached hydrogens (primary N) is 1. The van der Waals surface area contributed by atoms with Gasteiger partial charge >= 0.3 is 0 Å². The standard InChI is InChI=1S/C17H26N2O2.ClH/c1-3-9-21-15-7-8-16(12(2)10-15)19-17(20)13-5-4-6-14(18)11-13;/h7-8,10,13-14H,3-6,9,11,18H2,1-2H3,(H,19,20);1H. The number of ether oxygens (including phenoxy) is 1. The highest BCUT2D eigenvalue weighted by atomic mass is 35.5. The molecule has 1 fully saturated rings. The quantitative estimate of drug-likeness (QED) is 0.867. The molecule has 3 N–H and O–H groups in total. The van der Waals surface area contributed by atoms with Crippen LogP contribution in [0.25, 0.3) is 0 Å². The fourth-order valence-electron chi connectivity index (χ4n) is 2.79. The molecule has 1 amide bonds. The Bertz CT molecular complexity index is 494. The van der Waals surface area contributed by atoms with Crippen LogP contribution in [-0.2, 0) is 4.79 Å². The normalized spacial score (nSPS) is 20.9. The van der Waals surface area contributed by atoms with E-state index in [1.54, 1.807) is 0 Å². The van der Waals surface area contributed by atoms with E-state index in [2.05, 4.69) is 12.2 Å². The third-order valence-electron chi connectivity index (χ3n) is 4.01. The molecule has 0 aromatic heterocycles. The summed E-state index contributed by atoms with van der Waals surface area (Å²) in [6.45, 7) is 4.78. The van der Waals surface area contributed by atoms with E-state index in [1.165, 1.54) is 0 Å². The molecule has 0 radical (unpaired) electrons. The third-order valence-corrected chi connectivity index (χ3v) is 4.01. The molecule has 0 aliphatic heterocycles. The fourth-order valence-corrected chi connectivity index (χ4v) is 2.79. The molecule has 5 heteroatoms. The van der Waals surface area contributed by atoms with E-state index in [1.807, 2.05) is 25.1 Å². The van der Waals surface area contributed by atoms with Crippen LogP contribution >= 0.6 is 12.4 Å². The Morgan fingerprint density at radius 1 is 1.41 bits per heavy atom. The summed E-state index contributed by atoms with van der Waals surface area (Å²) in [7, 11) is 0. The van der Waals surface area contributed by atoms with Crippen molar-refractivity contribution in [3.63, 3.8) is 0 Å². The number of carbonyl (C=O) groups is 1. The highest BCUT2D eigenvalue weighted by Crippen LogP contribution is 2.26. The van der Waals surface area contributed by atoms with E-state index in [0.717, 1.165) is 49.1 Å². The number of rotatable bonds is 5. The number of carbonyl (C=O) groups excluding carboxylic acids is 1. The Morgan fingerprint density at radius 2 is 2.18 bits per heavy atom. The van der Waals surface area contributed by atoms with Crippen molar-refractivity contribution in [2.75, 3.05) is 11.9 Å². The van der Waals surface area contributed by atoms with Crippen molar-refractivity contribution in [3.8, 4) is 5.75 Å². The first-order chi connectivity index (χ1) is 10.1. The van der Waals surface area contributed by atoms with Crippen LogP contribution in [0.1, 0.15) is 44.6 Å². The van der Waals surface area contributed by atoms with Crippen LogP contribution in [0.2, 0.25) is 0 Å². The minimum Gasteiger partial charge on any atom is -0.494 e. The van der Waals surface area contributed by atoms with Gasteiger partial charge in [-0.05, 0) is 56.4 Å². The topological polar surface area (TPSA) is 64.3 Å². The van der Waals surface area contributed by atoms with Gasteiger partial charge in [0.15, 0.2) is 0 Å². The van der Waals surface area contributed by atoms with Crippen molar-refractivity contribution in [2.24, 2.45) is 11.7 Å². The molecule has 1 aliphatic carbocycles. The number of hydrogen-bond donors (Lipinski definition) is 2. The number of amides is 1. The van der Waals surface area contributed by atoms with E-state index in [4.69, 9.17) is 10.5 Å². The number of nitrogens with one attached hydrogen (secondary N) is 1. The SMILES string of the molecule is CCCOc1ccc(NC(=O)C2CCCC(N)C2)c(C)c1.Cl. The van der Waals surface area contributed by atoms with E-state index in [0.29, 0.717) is 6.61 Å². The van der Waals surface area contributed by atoms with Crippen LogP contribution in [0.4, 0.5) is 5.69 Å². The number of hydrogen-bond acceptors (Lipinski definition) is 3. The van der Waals surface area contributed by atoms with Gasteiger partial charge in [0, 0.05) is 17.6 Å². The number of halogens is 1. The van der Waals surface area contributed by atoms with Gasteiger partial charge in [-0.1, -0.05) is 13.3 Å². The monoisotopic (exact) mass is 326 g/mol. The van der Waals surface area contributed by atoms with E-state index >= 15 is 0 Å². The zero-order valence-corrected chi connectivity index (χ0v) is 14.2. The van der Waals surface area contributed by atoms with Crippen LogP contribution in [0, 0.1) is 12.8 Å². The Kier molecular flexibility index (Phi) is 7.69. The lowest BCUT2D eigenvalue weighted by atomic mass is 9.85. The Labute approximate surface area is 139 Å². The molecule has 0 heterocycles. The zero-order valence-electron chi connectivity index (χ0n) is 13.4.